The molecule has 22 heavy (non-hydrogen) atoms. The highest BCUT2D eigenvalue weighted by molar-refractivity contribution is 8.00. The lowest BCUT2D eigenvalue weighted by molar-refractivity contribution is -0.120. The van der Waals surface area contributed by atoms with E-state index in [9.17, 15) is 4.79 Å². The third-order valence-electron chi connectivity index (χ3n) is 3.70. The van der Waals surface area contributed by atoms with E-state index in [1.165, 1.54) is 24.6 Å². The summed E-state index contributed by atoms with van der Waals surface area (Å²) in [6.45, 7) is 2.59. The van der Waals surface area contributed by atoms with Gasteiger partial charge in [0.2, 0.25) is 5.91 Å². The van der Waals surface area contributed by atoms with Gasteiger partial charge in [-0.05, 0) is 24.8 Å². The van der Waals surface area contributed by atoms with Crippen LogP contribution < -0.4 is 5.32 Å². The molecule has 0 saturated heterocycles. The largest absolute Gasteiger partial charge is 0.351 e. The molecule has 0 aliphatic heterocycles. The zero-order valence-corrected chi connectivity index (χ0v) is 13.4. The third-order valence-corrected chi connectivity index (χ3v) is 5.04. The van der Waals surface area contributed by atoms with Crippen molar-refractivity contribution in [3.05, 3.63) is 42.2 Å². The normalized spacial score (nSPS) is 15.5. The van der Waals surface area contributed by atoms with E-state index in [4.69, 9.17) is 0 Å². The molecular weight excluding hydrogens is 296 g/mol. The van der Waals surface area contributed by atoms with Gasteiger partial charge in [-0.2, -0.15) is 0 Å². The number of thioether (sulfide) groups is 1. The summed E-state index contributed by atoms with van der Waals surface area (Å²) < 4.78 is 2.10. The standard InChI is InChI=1S/C16H20N4OS/c1-2-14(15(21)17-10-12-6-4-3-5-7-12)22-16-19-18-11-20(16)13-8-9-13/h3-7,11,13-14H,2,8-10H2,1H3,(H,17,21)/t14-/m1/s1. The van der Waals surface area contributed by atoms with Gasteiger partial charge >= 0.3 is 0 Å². The summed E-state index contributed by atoms with van der Waals surface area (Å²) in [6, 6.07) is 10.5. The number of amides is 1. The molecule has 1 saturated carbocycles. The molecule has 0 radical (unpaired) electrons. The predicted molar refractivity (Wildman–Crippen MR) is 86.5 cm³/mol. The first kappa shape index (κ1) is 15.1. The molecule has 5 nitrogen and oxygen atoms in total. The van der Waals surface area contributed by atoms with Crippen molar-refractivity contribution in [3.8, 4) is 0 Å². The predicted octanol–water partition coefficient (Wildman–Crippen LogP) is 2.80. The molecule has 1 aliphatic carbocycles. The Morgan fingerprint density at radius 1 is 1.41 bits per heavy atom. The lowest BCUT2D eigenvalue weighted by Gasteiger charge is -2.14. The van der Waals surface area contributed by atoms with Gasteiger partial charge in [0, 0.05) is 12.6 Å². The number of nitrogens with zero attached hydrogens (tertiary/aromatic N) is 3. The number of rotatable bonds is 7. The van der Waals surface area contributed by atoms with Gasteiger partial charge in [-0.1, -0.05) is 49.0 Å². The van der Waals surface area contributed by atoms with E-state index in [2.05, 4.69) is 20.1 Å². The minimum atomic E-state index is -0.134. The summed E-state index contributed by atoms with van der Waals surface area (Å²) in [5.74, 6) is 0.0571. The van der Waals surface area contributed by atoms with Crippen molar-refractivity contribution < 1.29 is 4.79 Å². The second kappa shape index (κ2) is 6.96. The van der Waals surface area contributed by atoms with Gasteiger partial charge in [-0.15, -0.1) is 10.2 Å². The van der Waals surface area contributed by atoms with Gasteiger partial charge in [0.05, 0.1) is 5.25 Å². The third kappa shape index (κ3) is 3.68. The summed E-state index contributed by atoms with van der Waals surface area (Å²) in [7, 11) is 0. The van der Waals surface area contributed by atoms with Gasteiger partial charge in [-0.25, -0.2) is 0 Å². The van der Waals surface area contributed by atoms with E-state index < -0.39 is 0 Å². The van der Waals surface area contributed by atoms with Gasteiger partial charge < -0.3 is 9.88 Å². The Morgan fingerprint density at radius 3 is 2.86 bits per heavy atom. The highest BCUT2D eigenvalue weighted by Gasteiger charge is 2.28. The van der Waals surface area contributed by atoms with E-state index in [0.717, 1.165) is 17.1 Å². The van der Waals surface area contributed by atoms with Crippen LogP contribution in [-0.2, 0) is 11.3 Å². The molecule has 1 amide bonds. The zero-order chi connectivity index (χ0) is 15.4. The lowest BCUT2D eigenvalue weighted by atomic mass is 10.2. The first-order valence-electron chi connectivity index (χ1n) is 7.65. The molecule has 1 fully saturated rings. The Morgan fingerprint density at radius 2 is 2.18 bits per heavy atom. The first-order chi connectivity index (χ1) is 10.8. The molecule has 1 aromatic carbocycles. The van der Waals surface area contributed by atoms with E-state index in [-0.39, 0.29) is 11.2 Å². The van der Waals surface area contributed by atoms with Crippen molar-refractivity contribution in [1.82, 2.24) is 20.1 Å². The highest BCUT2D eigenvalue weighted by Crippen LogP contribution is 2.38. The average molecular weight is 316 g/mol. The van der Waals surface area contributed by atoms with Crippen LogP contribution in [0.25, 0.3) is 0 Å². The Labute approximate surface area is 134 Å². The second-order valence-corrected chi connectivity index (χ2v) is 6.64. The topological polar surface area (TPSA) is 59.8 Å². The van der Waals surface area contributed by atoms with Gasteiger partial charge in [0.25, 0.3) is 0 Å². The number of hydrogen-bond donors (Lipinski definition) is 1. The molecule has 0 unspecified atom stereocenters. The molecule has 1 aromatic heterocycles. The minimum absolute atomic E-state index is 0.0571. The molecule has 0 spiro atoms. The van der Waals surface area contributed by atoms with Crippen LogP contribution in [0.1, 0.15) is 37.8 Å². The summed E-state index contributed by atoms with van der Waals surface area (Å²) >= 11 is 1.51. The maximum absolute atomic E-state index is 12.4. The van der Waals surface area contributed by atoms with Crippen LogP contribution in [0.3, 0.4) is 0 Å². The van der Waals surface area contributed by atoms with E-state index in [1.54, 1.807) is 6.33 Å². The van der Waals surface area contributed by atoms with Crippen LogP contribution in [0.5, 0.6) is 0 Å². The van der Waals surface area contributed by atoms with Crippen LogP contribution in [-0.4, -0.2) is 25.9 Å². The van der Waals surface area contributed by atoms with Crippen LogP contribution >= 0.6 is 11.8 Å². The van der Waals surface area contributed by atoms with Crippen molar-refractivity contribution in [2.24, 2.45) is 0 Å². The smallest absolute Gasteiger partial charge is 0.233 e. The van der Waals surface area contributed by atoms with Crippen molar-refractivity contribution >= 4 is 17.7 Å². The van der Waals surface area contributed by atoms with Crippen molar-refractivity contribution in [2.75, 3.05) is 0 Å². The van der Waals surface area contributed by atoms with Crippen LogP contribution in [0.2, 0.25) is 0 Å². The van der Waals surface area contributed by atoms with Crippen molar-refractivity contribution in [3.63, 3.8) is 0 Å². The molecule has 3 rings (SSSR count). The fourth-order valence-electron chi connectivity index (χ4n) is 2.27. The van der Waals surface area contributed by atoms with E-state index >= 15 is 0 Å². The number of benzene rings is 1. The Kier molecular flexibility index (Phi) is 4.77. The molecule has 1 atom stereocenters. The van der Waals surface area contributed by atoms with Crippen molar-refractivity contribution in [1.29, 1.82) is 0 Å². The first-order valence-corrected chi connectivity index (χ1v) is 8.53. The molecule has 1 N–H and O–H groups in total. The molecule has 0 bridgehead atoms. The zero-order valence-electron chi connectivity index (χ0n) is 12.6. The van der Waals surface area contributed by atoms with Gasteiger partial charge in [0.1, 0.15) is 6.33 Å². The highest BCUT2D eigenvalue weighted by atomic mass is 32.2. The van der Waals surface area contributed by atoms with E-state index in [1.807, 2.05) is 37.3 Å². The molecular formula is C16H20N4OS. The number of hydrogen-bond acceptors (Lipinski definition) is 4. The summed E-state index contributed by atoms with van der Waals surface area (Å²) in [6.07, 6.45) is 4.91. The van der Waals surface area contributed by atoms with Crippen LogP contribution in [0.4, 0.5) is 0 Å². The number of carbonyl (C=O) groups is 1. The summed E-state index contributed by atoms with van der Waals surface area (Å²) in [5, 5.41) is 11.9. The monoisotopic (exact) mass is 316 g/mol. The summed E-state index contributed by atoms with van der Waals surface area (Å²) in [4.78, 5) is 12.4. The molecule has 1 heterocycles. The van der Waals surface area contributed by atoms with Crippen LogP contribution in [0, 0.1) is 0 Å². The molecule has 1 aliphatic rings. The molecule has 6 heteroatoms. The van der Waals surface area contributed by atoms with E-state index in [0.29, 0.717) is 12.6 Å². The fourth-order valence-corrected chi connectivity index (χ4v) is 3.29. The quantitative estimate of drug-likeness (QED) is 0.798. The van der Waals surface area contributed by atoms with Crippen molar-refractivity contribution in [2.45, 2.75) is 49.2 Å². The van der Waals surface area contributed by atoms with Gasteiger partial charge in [-0.3, -0.25) is 4.79 Å². The minimum Gasteiger partial charge on any atom is -0.351 e. The Hall–Kier alpha value is -1.82. The Bertz CT molecular complexity index is 624. The second-order valence-electron chi connectivity index (χ2n) is 5.47. The number of carbonyl (C=O) groups excluding carboxylic acids is 1. The summed E-state index contributed by atoms with van der Waals surface area (Å²) in [5.41, 5.74) is 1.11. The Balaban J connectivity index is 1.58. The number of aromatic nitrogens is 3. The maximum Gasteiger partial charge on any atom is 0.233 e. The maximum atomic E-state index is 12.4. The molecule has 2 aromatic rings. The van der Waals surface area contributed by atoms with Crippen LogP contribution in [0.15, 0.2) is 41.8 Å². The lowest BCUT2D eigenvalue weighted by Crippen LogP contribution is -2.32. The SMILES string of the molecule is CC[C@@H](Sc1nncn1C1CC1)C(=O)NCc1ccccc1. The fraction of sp³-hybridized carbons (Fsp3) is 0.438. The molecule has 116 valence electrons. The average Bonchev–Trinajstić information content (AvgIpc) is 3.30. The van der Waals surface area contributed by atoms with Gasteiger partial charge in [0.15, 0.2) is 5.16 Å². The number of nitrogens with one attached hydrogen (secondary N) is 1.